The molecule has 0 fully saturated rings. The minimum atomic E-state index is -4.25. The van der Waals surface area contributed by atoms with E-state index in [4.69, 9.17) is 4.74 Å². The van der Waals surface area contributed by atoms with E-state index in [1.165, 1.54) is 0 Å². The molecule has 0 spiro atoms. The standard InChI is InChI=1S/C15H12F3NO/c16-15(17,18)9-19-14-10-5-1-3-7-12(10)20-13-8-4-2-6-11(13)14/h1-8,14,19H,9H2. The lowest BCUT2D eigenvalue weighted by Gasteiger charge is -2.29. The number of alkyl halides is 3. The van der Waals surface area contributed by atoms with E-state index in [2.05, 4.69) is 5.32 Å². The summed E-state index contributed by atoms with van der Waals surface area (Å²) in [4.78, 5) is 0. The van der Waals surface area contributed by atoms with Crippen molar-refractivity contribution in [1.29, 1.82) is 0 Å². The van der Waals surface area contributed by atoms with Gasteiger partial charge in [0, 0.05) is 11.1 Å². The molecule has 0 aliphatic carbocycles. The topological polar surface area (TPSA) is 21.3 Å². The highest BCUT2D eigenvalue weighted by atomic mass is 19.4. The minimum Gasteiger partial charge on any atom is -0.457 e. The van der Waals surface area contributed by atoms with Crippen LogP contribution in [0.25, 0.3) is 0 Å². The second kappa shape index (κ2) is 4.83. The molecule has 3 rings (SSSR count). The van der Waals surface area contributed by atoms with E-state index in [1.807, 2.05) is 0 Å². The Balaban J connectivity index is 1.99. The molecule has 0 amide bonds. The third kappa shape index (κ3) is 2.49. The molecule has 2 nitrogen and oxygen atoms in total. The van der Waals surface area contributed by atoms with Gasteiger partial charge < -0.3 is 4.74 Å². The van der Waals surface area contributed by atoms with Gasteiger partial charge in [-0.3, -0.25) is 5.32 Å². The number of benzene rings is 2. The Morgan fingerprint density at radius 2 is 1.40 bits per heavy atom. The first-order valence-corrected chi connectivity index (χ1v) is 6.20. The Kier molecular flexibility index (Phi) is 3.14. The molecule has 104 valence electrons. The van der Waals surface area contributed by atoms with Gasteiger partial charge in [0.1, 0.15) is 11.5 Å². The molecule has 5 heteroatoms. The molecule has 0 radical (unpaired) electrons. The lowest BCUT2D eigenvalue weighted by Crippen LogP contribution is -2.33. The molecule has 0 saturated carbocycles. The first-order chi connectivity index (χ1) is 9.54. The molecule has 1 aliphatic heterocycles. The van der Waals surface area contributed by atoms with Crippen LogP contribution in [0.2, 0.25) is 0 Å². The Morgan fingerprint density at radius 3 is 1.90 bits per heavy atom. The van der Waals surface area contributed by atoms with Crippen molar-refractivity contribution in [2.24, 2.45) is 0 Å². The first kappa shape index (κ1) is 13.0. The van der Waals surface area contributed by atoms with Gasteiger partial charge >= 0.3 is 6.18 Å². The van der Waals surface area contributed by atoms with Crippen LogP contribution in [0.5, 0.6) is 11.5 Å². The number of fused-ring (bicyclic) bond motifs is 2. The van der Waals surface area contributed by atoms with Crippen molar-refractivity contribution < 1.29 is 17.9 Å². The lowest BCUT2D eigenvalue weighted by atomic mass is 9.94. The van der Waals surface area contributed by atoms with Crippen molar-refractivity contribution in [3.8, 4) is 11.5 Å². The van der Waals surface area contributed by atoms with Crippen LogP contribution in [0.15, 0.2) is 48.5 Å². The van der Waals surface area contributed by atoms with Crippen LogP contribution in [0, 0.1) is 0 Å². The fourth-order valence-electron chi connectivity index (χ4n) is 2.35. The highest BCUT2D eigenvalue weighted by molar-refractivity contribution is 5.52. The third-order valence-corrected chi connectivity index (χ3v) is 3.19. The largest absolute Gasteiger partial charge is 0.457 e. The number of nitrogens with one attached hydrogen (secondary N) is 1. The smallest absolute Gasteiger partial charge is 0.401 e. The zero-order valence-electron chi connectivity index (χ0n) is 10.4. The lowest BCUT2D eigenvalue weighted by molar-refractivity contribution is -0.125. The Hall–Kier alpha value is -2.01. The Labute approximate surface area is 114 Å². The molecule has 1 N–H and O–H groups in total. The SMILES string of the molecule is FC(F)(F)CNC1c2ccccc2Oc2ccccc21. The van der Waals surface area contributed by atoms with Crippen LogP contribution in [-0.2, 0) is 0 Å². The average molecular weight is 279 g/mol. The molecule has 0 aromatic heterocycles. The summed E-state index contributed by atoms with van der Waals surface area (Å²) in [5.41, 5.74) is 1.44. The van der Waals surface area contributed by atoms with Crippen molar-refractivity contribution in [3.05, 3.63) is 59.7 Å². The maximum absolute atomic E-state index is 12.5. The summed E-state index contributed by atoms with van der Waals surface area (Å²) in [6, 6.07) is 13.7. The normalized spacial score (nSPS) is 14.3. The van der Waals surface area contributed by atoms with Gasteiger partial charge in [0.05, 0.1) is 12.6 Å². The number of para-hydroxylation sites is 2. The quantitative estimate of drug-likeness (QED) is 0.896. The van der Waals surface area contributed by atoms with Crippen LogP contribution in [-0.4, -0.2) is 12.7 Å². The van der Waals surface area contributed by atoms with E-state index < -0.39 is 18.8 Å². The molecule has 0 unspecified atom stereocenters. The maximum atomic E-state index is 12.5. The summed E-state index contributed by atoms with van der Waals surface area (Å²) < 4.78 is 43.1. The maximum Gasteiger partial charge on any atom is 0.401 e. The number of hydrogen-bond acceptors (Lipinski definition) is 2. The van der Waals surface area contributed by atoms with Crippen LogP contribution in [0.1, 0.15) is 17.2 Å². The number of hydrogen-bond donors (Lipinski definition) is 1. The second-order valence-corrected chi connectivity index (χ2v) is 4.61. The average Bonchev–Trinajstić information content (AvgIpc) is 2.42. The van der Waals surface area contributed by atoms with E-state index in [-0.39, 0.29) is 0 Å². The highest BCUT2D eigenvalue weighted by Gasteiger charge is 2.32. The molecule has 2 aromatic carbocycles. The van der Waals surface area contributed by atoms with Gasteiger partial charge in [-0.1, -0.05) is 36.4 Å². The summed E-state index contributed by atoms with van der Waals surface area (Å²) >= 11 is 0. The predicted molar refractivity (Wildman–Crippen MR) is 68.9 cm³/mol. The van der Waals surface area contributed by atoms with Crippen molar-refractivity contribution in [2.45, 2.75) is 12.2 Å². The van der Waals surface area contributed by atoms with E-state index in [9.17, 15) is 13.2 Å². The number of halogens is 3. The molecular formula is C15H12F3NO. The summed E-state index contributed by atoms with van der Waals surface area (Å²) in [6.07, 6.45) is -4.25. The predicted octanol–water partition coefficient (Wildman–Crippen LogP) is 4.03. The molecule has 1 aliphatic rings. The van der Waals surface area contributed by atoms with Gasteiger partial charge in [0.15, 0.2) is 0 Å². The Morgan fingerprint density at radius 1 is 0.900 bits per heavy atom. The molecule has 1 heterocycles. The van der Waals surface area contributed by atoms with Crippen LogP contribution >= 0.6 is 0 Å². The van der Waals surface area contributed by atoms with Crippen molar-refractivity contribution in [2.75, 3.05) is 6.54 Å². The molecule has 0 atom stereocenters. The minimum absolute atomic E-state index is 0.516. The number of ether oxygens (including phenoxy) is 1. The zero-order valence-corrected chi connectivity index (χ0v) is 10.4. The summed E-state index contributed by atoms with van der Waals surface area (Å²) in [7, 11) is 0. The molecule has 0 bridgehead atoms. The van der Waals surface area contributed by atoms with Gasteiger partial charge in [-0.15, -0.1) is 0 Å². The van der Waals surface area contributed by atoms with Gasteiger partial charge in [-0.2, -0.15) is 13.2 Å². The molecule has 20 heavy (non-hydrogen) atoms. The summed E-state index contributed by atoms with van der Waals surface area (Å²) in [5, 5.41) is 2.57. The van der Waals surface area contributed by atoms with Crippen molar-refractivity contribution in [3.63, 3.8) is 0 Å². The highest BCUT2D eigenvalue weighted by Crippen LogP contribution is 2.42. The van der Waals surface area contributed by atoms with E-state index in [0.717, 1.165) is 11.1 Å². The van der Waals surface area contributed by atoms with E-state index in [0.29, 0.717) is 11.5 Å². The fraction of sp³-hybridized carbons (Fsp3) is 0.200. The molecule has 0 saturated heterocycles. The molecule has 2 aromatic rings. The summed E-state index contributed by atoms with van der Waals surface area (Å²) in [6.45, 7) is -1.04. The second-order valence-electron chi connectivity index (χ2n) is 4.61. The van der Waals surface area contributed by atoms with Crippen LogP contribution in [0.4, 0.5) is 13.2 Å². The van der Waals surface area contributed by atoms with E-state index >= 15 is 0 Å². The van der Waals surface area contributed by atoms with Crippen LogP contribution < -0.4 is 10.1 Å². The van der Waals surface area contributed by atoms with Gasteiger partial charge in [-0.25, -0.2) is 0 Å². The van der Waals surface area contributed by atoms with E-state index in [1.54, 1.807) is 48.5 Å². The third-order valence-electron chi connectivity index (χ3n) is 3.19. The van der Waals surface area contributed by atoms with Crippen molar-refractivity contribution in [1.82, 2.24) is 5.32 Å². The zero-order chi connectivity index (χ0) is 14.2. The Bertz CT molecular complexity index is 579. The van der Waals surface area contributed by atoms with Crippen molar-refractivity contribution >= 4 is 0 Å². The van der Waals surface area contributed by atoms with Gasteiger partial charge in [-0.05, 0) is 12.1 Å². The fourth-order valence-corrected chi connectivity index (χ4v) is 2.35. The number of rotatable bonds is 2. The monoisotopic (exact) mass is 279 g/mol. The molecular weight excluding hydrogens is 267 g/mol. The van der Waals surface area contributed by atoms with Gasteiger partial charge in [0.2, 0.25) is 0 Å². The van der Waals surface area contributed by atoms with Gasteiger partial charge in [0.25, 0.3) is 0 Å². The summed E-state index contributed by atoms with van der Waals surface area (Å²) in [5.74, 6) is 1.18. The van der Waals surface area contributed by atoms with Crippen LogP contribution in [0.3, 0.4) is 0 Å². The first-order valence-electron chi connectivity index (χ1n) is 6.20.